The number of nitrogens with one attached hydrogen (secondary N) is 1. The molecule has 0 radical (unpaired) electrons. The highest BCUT2D eigenvalue weighted by atomic mass is 35.5. The number of hydrogen-bond acceptors (Lipinski definition) is 2. The second kappa shape index (κ2) is 6.37. The molecule has 4 nitrogen and oxygen atoms in total. The van der Waals surface area contributed by atoms with E-state index in [0.29, 0.717) is 5.56 Å². The van der Waals surface area contributed by atoms with E-state index >= 15 is 0 Å². The summed E-state index contributed by atoms with van der Waals surface area (Å²) >= 11 is 5.65. The van der Waals surface area contributed by atoms with E-state index in [9.17, 15) is 14.0 Å². The van der Waals surface area contributed by atoms with Gasteiger partial charge >= 0.3 is 5.97 Å². The highest BCUT2D eigenvalue weighted by molar-refractivity contribution is 6.30. The van der Waals surface area contributed by atoms with Gasteiger partial charge in [0.2, 0.25) is 0 Å². The summed E-state index contributed by atoms with van der Waals surface area (Å²) in [6.45, 7) is 0.118. The molecular weight excluding hydrogens is 297 g/mol. The van der Waals surface area contributed by atoms with Crippen LogP contribution in [0.15, 0.2) is 42.5 Å². The number of carbonyl (C=O) groups excluding carboxylic acids is 1. The minimum atomic E-state index is -1.18. The summed E-state index contributed by atoms with van der Waals surface area (Å²) in [5, 5.41) is 11.6. The maximum atomic E-state index is 13.0. The van der Waals surface area contributed by atoms with Crippen LogP contribution in [0.5, 0.6) is 0 Å². The zero-order chi connectivity index (χ0) is 15.4. The van der Waals surface area contributed by atoms with E-state index in [-0.39, 0.29) is 22.7 Å². The number of carbonyl (C=O) groups is 2. The zero-order valence-corrected chi connectivity index (χ0v) is 11.5. The lowest BCUT2D eigenvalue weighted by molar-refractivity contribution is 0.0691. The predicted molar refractivity (Wildman–Crippen MR) is 76.0 cm³/mol. The number of halogens is 2. The number of carboxylic acids is 1. The molecule has 0 aromatic heterocycles. The van der Waals surface area contributed by atoms with Crippen molar-refractivity contribution in [2.75, 3.05) is 0 Å². The molecule has 2 N–H and O–H groups in total. The lowest BCUT2D eigenvalue weighted by Gasteiger charge is -2.08. The van der Waals surface area contributed by atoms with Crippen molar-refractivity contribution < 1.29 is 19.1 Å². The number of carboxylic acid groups (broad SMARTS) is 1. The minimum absolute atomic E-state index is 0.0346. The van der Waals surface area contributed by atoms with Crippen molar-refractivity contribution in [3.8, 4) is 0 Å². The van der Waals surface area contributed by atoms with Crippen molar-refractivity contribution >= 4 is 23.5 Å². The van der Waals surface area contributed by atoms with Crippen molar-refractivity contribution in [2.24, 2.45) is 0 Å². The molecule has 2 aromatic carbocycles. The Morgan fingerprint density at radius 1 is 1.14 bits per heavy atom. The number of rotatable bonds is 4. The van der Waals surface area contributed by atoms with Crippen LogP contribution in [0.2, 0.25) is 5.02 Å². The Bertz CT molecular complexity index is 703. The van der Waals surface area contributed by atoms with Gasteiger partial charge in [-0.1, -0.05) is 29.8 Å². The Morgan fingerprint density at radius 3 is 2.43 bits per heavy atom. The number of benzene rings is 2. The van der Waals surface area contributed by atoms with Crippen molar-refractivity contribution in [3.05, 3.63) is 70.0 Å². The van der Waals surface area contributed by atoms with Crippen LogP contribution in [0.25, 0.3) is 0 Å². The van der Waals surface area contributed by atoms with Crippen LogP contribution >= 0.6 is 11.6 Å². The molecule has 0 saturated carbocycles. The molecule has 0 bridgehead atoms. The molecule has 0 aliphatic carbocycles. The van der Waals surface area contributed by atoms with Gasteiger partial charge in [-0.15, -0.1) is 0 Å². The summed E-state index contributed by atoms with van der Waals surface area (Å²) in [4.78, 5) is 23.1. The van der Waals surface area contributed by atoms with E-state index in [2.05, 4.69) is 5.32 Å². The van der Waals surface area contributed by atoms with Crippen molar-refractivity contribution in [2.45, 2.75) is 6.54 Å². The third-order valence-corrected chi connectivity index (χ3v) is 3.13. The van der Waals surface area contributed by atoms with Crippen molar-refractivity contribution in [1.29, 1.82) is 0 Å². The third kappa shape index (κ3) is 3.58. The average Bonchev–Trinajstić information content (AvgIpc) is 2.48. The molecule has 0 spiro atoms. The van der Waals surface area contributed by atoms with Gasteiger partial charge in [-0.3, -0.25) is 4.79 Å². The molecule has 0 heterocycles. The van der Waals surface area contributed by atoms with E-state index in [1.165, 1.54) is 30.3 Å². The van der Waals surface area contributed by atoms with E-state index in [4.69, 9.17) is 16.7 Å². The van der Waals surface area contributed by atoms with Gasteiger partial charge in [0.05, 0.1) is 16.1 Å². The first-order valence-corrected chi connectivity index (χ1v) is 6.41. The largest absolute Gasteiger partial charge is 0.478 e. The summed E-state index contributed by atoms with van der Waals surface area (Å²) < 4.78 is 13.0. The van der Waals surface area contributed by atoms with Crippen LogP contribution in [0.1, 0.15) is 26.3 Å². The summed E-state index contributed by atoms with van der Waals surface area (Å²) in [6.07, 6.45) is 0. The topological polar surface area (TPSA) is 66.4 Å². The fourth-order valence-corrected chi connectivity index (χ4v) is 2.00. The molecule has 0 aliphatic heterocycles. The van der Waals surface area contributed by atoms with E-state index in [1.54, 1.807) is 12.1 Å². The second-order valence-electron chi connectivity index (χ2n) is 4.28. The lowest BCUT2D eigenvalue weighted by Crippen LogP contribution is -2.24. The fourth-order valence-electron chi connectivity index (χ4n) is 1.79. The highest BCUT2D eigenvalue weighted by Gasteiger charge is 2.15. The van der Waals surface area contributed by atoms with Gasteiger partial charge in [-0.05, 0) is 29.8 Å². The molecule has 0 aliphatic rings. The summed E-state index contributed by atoms with van der Waals surface area (Å²) in [6, 6.07) is 10.00. The van der Waals surface area contributed by atoms with Crippen molar-refractivity contribution in [1.82, 2.24) is 5.32 Å². The molecule has 2 rings (SSSR count). The van der Waals surface area contributed by atoms with E-state index < -0.39 is 17.7 Å². The van der Waals surface area contributed by atoms with Gasteiger partial charge < -0.3 is 10.4 Å². The second-order valence-corrected chi connectivity index (χ2v) is 4.69. The first-order valence-electron chi connectivity index (χ1n) is 6.03. The Labute approximate surface area is 125 Å². The zero-order valence-electron chi connectivity index (χ0n) is 10.8. The van der Waals surface area contributed by atoms with Gasteiger partial charge in [0.25, 0.3) is 5.91 Å². The molecule has 6 heteroatoms. The molecule has 21 heavy (non-hydrogen) atoms. The summed E-state index contributed by atoms with van der Waals surface area (Å²) in [5.74, 6) is -2.23. The number of hydrogen-bond donors (Lipinski definition) is 2. The van der Waals surface area contributed by atoms with E-state index in [1.807, 2.05) is 0 Å². The Morgan fingerprint density at radius 2 is 1.81 bits per heavy atom. The van der Waals surface area contributed by atoms with Gasteiger partial charge in [-0.2, -0.15) is 0 Å². The average molecular weight is 308 g/mol. The van der Waals surface area contributed by atoms with Gasteiger partial charge in [0, 0.05) is 6.54 Å². The molecule has 1 amide bonds. The smallest absolute Gasteiger partial charge is 0.336 e. The molecule has 2 aromatic rings. The molecular formula is C15H11ClFNO3. The maximum Gasteiger partial charge on any atom is 0.336 e. The quantitative estimate of drug-likeness (QED) is 0.912. The van der Waals surface area contributed by atoms with Gasteiger partial charge in [-0.25, -0.2) is 9.18 Å². The molecule has 0 atom stereocenters. The highest BCUT2D eigenvalue weighted by Crippen LogP contribution is 2.16. The van der Waals surface area contributed by atoms with Gasteiger partial charge in [0.1, 0.15) is 5.82 Å². The van der Waals surface area contributed by atoms with E-state index in [0.717, 1.165) is 0 Å². The third-order valence-electron chi connectivity index (χ3n) is 2.84. The van der Waals surface area contributed by atoms with Crippen LogP contribution in [-0.4, -0.2) is 17.0 Å². The minimum Gasteiger partial charge on any atom is -0.478 e. The van der Waals surface area contributed by atoms with Crippen LogP contribution < -0.4 is 5.32 Å². The summed E-state index contributed by atoms with van der Waals surface area (Å²) in [5.41, 5.74) is 0.605. The predicted octanol–water partition coefficient (Wildman–Crippen LogP) is 3.11. The number of aromatic carboxylic acids is 1. The SMILES string of the molecule is O=C(O)c1ccccc1C(=O)NCc1ccc(F)c(Cl)c1. The monoisotopic (exact) mass is 307 g/mol. The fraction of sp³-hybridized carbons (Fsp3) is 0.0667. The Kier molecular flexibility index (Phi) is 4.55. The molecule has 0 fully saturated rings. The Hall–Kier alpha value is -2.40. The normalized spacial score (nSPS) is 10.2. The maximum absolute atomic E-state index is 13.0. The van der Waals surface area contributed by atoms with Crippen LogP contribution in [0.3, 0.4) is 0 Å². The molecule has 108 valence electrons. The Balaban J connectivity index is 2.12. The standard InChI is InChI=1S/C15H11ClFNO3/c16-12-7-9(5-6-13(12)17)8-18-14(19)10-3-1-2-4-11(10)15(20)21/h1-7H,8H2,(H,18,19)(H,20,21). The van der Waals surface area contributed by atoms with Crippen LogP contribution in [0, 0.1) is 5.82 Å². The number of amides is 1. The van der Waals surface area contributed by atoms with Crippen LogP contribution in [-0.2, 0) is 6.54 Å². The molecule has 0 unspecified atom stereocenters. The first-order chi connectivity index (χ1) is 9.99. The van der Waals surface area contributed by atoms with Crippen molar-refractivity contribution in [3.63, 3.8) is 0 Å². The van der Waals surface area contributed by atoms with Gasteiger partial charge in [0.15, 0.2) is 0 Å². The van der Waals surface area contributed by atoms with Crippen LogP contribution in [0.4, 0.5) is 4.39 Å². The first kappa shape index (κ1) is 15.0. The summed E-state index contributed by atoms with van der Waals surface area (Å²) in [7, 11) is 0. The lowest BCUT2D eigenvalue weighted by atomic mass is 10.1. The molecule has 0 saturated heterocycles.